The molecular formula is C20H19N5O2. The van der Waals surface area contributed by atoms with Crippen LogP contribution in [0, 0.1) is 22.7 Å². The van der Waals surface area contributed by atoms with Crippen LogP contribution in [-0.2, 0) is 9.53 Å². The van der Waals surface area contributed by atoms with Gasteiger partial charge in [-0.1, -0.05) is 6.07 Å². The monoisotopic (exact) mass is 361 g/mol. The van der Waals surface area contributed by atoms with E-state index < -0.39 is 11.9 Å². The van der Waals surface area contributed by atoms with Gasteiger partial charge in [-0.25, -0.2) is 0 Å². The summed E-state index contributed by atoms with van der Waals surface area (Å²) in [5.74, 6) is -0.873. The first-order chi connectivity index (χ1) is 13.0. The summed E-state index contributed by atoms with van der Waals surface area (Å²) in [5.41, 5.74) is 3.93. The molecule has 1 aromatic heterocycles. The zero-order chi connectivity index (χ0) is 19.6. The van der Waals surface area contributed by atoms with Crippen molar-refractivity contribution < 1.29 is 9.53 Å². The number of aromatic amines is 1. The standard InChI is InChI=1S/C20H19N5O2/c1-4-27-19(26)11-25-12(2)16(8-21)20(17(9-22)13(25)3)14-5-6-18-15(7-14)10-23-24-18/h5-7,10,20H,4,11H2,1-3H3,(H,23,24). The molecule has 136 valence electrons. The fraction of sp³-hybridized carbons (Fsp3) is 0.300. The third-order valence-electron chi connectivity index (χ3n) is 4.80. The van der Waals surface area contributed by atoms with Gasteiger partial charge in [-0.2, -0.15) is 15.6 Å². The zero-order valence-corrected chi connectivity index (χ0v) is 15.4. The molecule has 0 saturated carbocycles. The van der Waals surface area contributed by atoms with Crippen LogP contribution in [-0.4, -0.2) is 34.2 Å². The van der Waals surface area contributed by atoms with Gasteiger partial charge in [0.1, 0.15) is 6.54 Å². The molecule has 0 bridgehead atoms. The Morgan fingerprint density at radius 1 is 1.26 bits per heavy atom. The predicted octanol–water partition coefficient (Wildman–Crippen LogP) is 3.12. The molecule has 3 rings (SSSR count). The molecule has 7 nitrogen and oxygen atoms in total. The molecule has 0 spiro atoms. The smallest absolute Gasteiger partial charge is 0.325 e. The quantitative estimate of drug-likeness (QED) is 0.839. The fourth-order valence-electron chi connectivity index (χ4n) is 3.44. The average Bonchev–Trinajstić information content (AvgIpc) is 3.12. The number of carbonyl (C=O) groups excluding carboxylic acids is 1. The third kappa shape index (κ3) is 3.16. The van der Waals surface area contributed by atoms with E-state index in [1.807, 2.05) is 18.2 Å². The summed E-state index contributed by atoms with van der Waals surface area (Å²) in [6.07, 6.45) is 1.71. The lowest BCUT2D eigenvalue weighted by molar-refractivity contribution is -0.143. The minimum absolute atomic E-state index is 0.0324. The van der Waals surface area contributed by atoms with E-state index in [9.17, 15) is 15.3 Å². The molecule has 2 aromatic rings. The normalized spacial score (nSPS) is 15.1. The van der Waals surface area contributed by atoms with Crippen molar-refractivity contribution in [3.63, 3.8) is 0 Å². The number of fused-ring (bicyclic) bond motifs is 1. The molecule has 0 aliphatic carbocycles. The zero-order valence-electron chi connectivity index (χ0n) is 15.4. The van der Waals surface area contributed by atoms with Gasteiger partial charge in [-0.05, 0) is 38.5 Å². The summed E-state index contributed by atoms with van der Waals surface area (Å²) in [6.45, 7) is 5.57. The van der Waals surface area contributed by atoms with Crippen molar-refractivity contribution in [1.82, 2.24) is 15.1 Å². The molecule has 0 radical (unpaired) electrons. The van der Waals surface area contributed by atoms with Crippen LogP contribution in [0.25, 0.3) is 10.9 Å². The second-order valence-corrected chi connectivity index (χ2v) is 6.26. The summed E-state index contributed by atoms with van der Waals surface area (Å²) in [4.78, 5) is 13.7. The Kier molecular flexibility index (Phi) is 4.96. The number of hydrogen-bond donors (Lipinski definition) is 1. The molecule has 0 amide bonds. The van der Waals surface area contributed by atoms with Crippen LogP contribution in [0.15, 0.2) is 46.9 Å². The lowest BCUT2D eigenvalue weighted by Gasteiger charge is -2.34. The maximum absolute atomic E-state index is 12.0. The molecule has 1 aliphatic heterocycles. The highest BCUT2D eigenvalue weighted by Gasteiger charge is 2.34. The van der Waals surface area contributed by atoms with Gasteiger partial charge < -0.3 is 9.64 Å². The van der Waals surface area contributed by atoms with Crippen molar-refractivity contribution >= 4 is 16.9 Å². The summed E-state index contributed by atoms with van der Waals surface area (Å²) >= 11 is 0. The van der Waals surface area contributed by atoms with Crippen molar-refractivity contribution in [2.45, 2.75) is 26.7 Å². The van der Waals surface area contributed by atoms with E-state index in [-0.39, 0.29) is 13.2 Å². The number of nitrogens with zero attached hydrogens (tertiary/aromatic N) is 4. The van der Waals surface area contributed by atoms with Gasteiger partial charge in [0.25, 0.3) is 0 Å². The van der Waals surface area contributed by atoms with Crippen molar-refractivity contribution in [3.8, 4) is 12.1 Å². The SMILES string of the molecule is CCOC(=O)CN1C(C)=C(C#N)C(c2ccc3[nH]ncc3c2)C(C#N)=C1C. The number of allylic oxidation sites excluding steroid dienone is 4. The lowest BCUT2D eigenvalue weighted by atomic mass is 9.80. The number of aromatic nitrogens is 2. The molecule has 1 aromatic carbocycles. The number of rotatable bonds is 4. The van der Waals surface area contributed by atoms with Gasteiger partial charge >= 0.3 is 5.97 Å². The van der Waals surface area contributed by atoms with Crippen LogP contribution in [0.5, 0.6) is 0 Å². The molecule has 0 unspecified atom stereocenters. The Hall–Kier alpha value is -3.58. The second-order valence-electron chi connectivity index (χ2n) is 6.26. The average molecular weight is 361 g/mol. The Bertz CT molecular complexity index is 1010. The summed E-state index contributed by atoms with van der Waals surface area (Å²) in [5, 5.41) is 27.5. The van der Waals surface area contributed by atoms with E-state index in [4.69, 9.17) is 4.74 Å². The van der Waals surface area contributed by atoms with Crippen molar-refractivity contribution in [3.05, 3.63) is 52.5 Å². The van der Waals surface area contributed by atoms with E-state index in [0.717, 1.165) is 16.5 Å². The topological polar surface area (TPSA) is 106 Å². The Morgan fingerprint density at radius 2 is 1.93 bits per heavy atom. The van der Waals surface area contributed by atoms with Crippen molar-refractivity contribution in [1.29, 1.82) is 10.5 Å². The number of nitrogens with one attached hydrogen (secondary N) is 1. The molecule has 0 atom stereocenters. The minimum atomic E-state index is -0.474. The van der Waals surface area contributed by atoms with Gasteiger partial charge in [0.15, 0.2) is 0 Å². The van der Waals surface area contributed by atoms with Crippen LogP contribution in [0.1, 0.15) is 32.3 Å². The molecule has 27 heavy (non-hydrogen) atoms. The first-order valence-electron chi connectivity index (χ1n) is 8.59. The molecular weight excluding hydrogens is 342 g/mol. The summed E-state index contributed by atoms with van der Waals surface area (Å²) < 4.78 is 5.03. The van der Waals surface area contributed by atoms with Crippen LogP contribution in [0.2, 0.25) is 0 Å². The lowest BCUT2D eigenvalue weighted by Crippen LogP contribution is -2.33. The van der Waals surface area contributed by atoms with Gasteiger partial charge in [0.2, 0.25) is 0 Å². The molecule has 1 aliphatic rings. The number of ether oxygens (including phenoxy) is 1. The Morgan fingerprint density at radius 3 is 2.52 bits per heavy atom. The first-order valence-corrected chi connectivity index (χ1v) is 8.59. The van der Waals surface area contributed by atoms with Crippen LogP contribution in [0.4, 0.5) is 0 Å². The van der Waals surface area contributed by atoms with E-state index in [2.05, 4.69) is 22.3 Å². The molecule has 2 heterocycles. The highest BCUT2D eigenvalue weighted by Crippen LogP contribution is 2.41. The highest BCUT2D eigenvalue weighted by molar-refractivity contribution is 5.79. The fourth-order valence-corrected chi connectivity index (χ4v) is 3.44. The summed E-state index contributed by atoms with van der Waals surface area (Å²) in [7, 11) is 0. The Balaban J connectivity index is 2.11. The van der Waals surface area contributed by atoms with Crippen LogP contribution in [0.3, 0.4) is 0 Å². The number of hydrogen-bond acceptors (Lipinski definition) is 6. The van der Waals surface area contributed by atoms with Crippen molar-refractivity contribution in [2.24, 2.45) is 0 Å². The first kappa shape index (κ1) is 18.2. The van der Waals surface area contributed by atoms with E-state index >= 15 is 0 Å². The number of benzene rings is 1. The van der Waals surface area contributed by atoms with Gasteiger partial charge in [-0.15, -0.1) is 0 Å². The van der Waals surface area contributed by atoms with Gasteiger partial charge in [-0.3, -0.25) is 9.89 Å². The predicted molar refractivity (Wildman–Crippen MR) is 98.8 cm³/mol. The molecule has 0 fully saturated rings. The van der Waals surface area contributed by atoms with E-state index in [1.165, 1.54) is 0 Å². The number of carbonyl (C=O) groups is 1. The van der Waals surface area contributed by atoms with Crippen LogP contribution >= 0.6 is 0 Å². The maximum atomic E-state index is 12.0. The van der Waals surface area contributed by atoms with E-state index in [0.29, 0.717) is 22.5 Å². The Labute approximate surface area is 157 Å². The van der Waals surface area contributed by atoms with Crippen LogP contribution < -0.4 is 0 Å². The third-order valence-corrected chi connectivity index (χ3v) is 4.80. The maximum Gasteiger partial charge on any atom is 0.325 e. The molecule has 7 heteroatoms. The largest absolute Gasteiger partial charge is 0.465 e. The van der Waals surface area contributed by atoms with E-state index in [1.54, 1.807) is 31.9 Å². The van der Waals surface area contributed by atoms with Gasteiger partial charge in [0.05, 0.1) is 47.5 Å². The number of H-pyrrole nitrogens is 1. The minimum Gasteiger partial charge on any atom is -0.465 e. The van der Waals surface area contributed by atoms with Crippen molar-refractivity contribution in [2.75, 3.05) is 13.2 Å². The summed E-state index contributed by atoms with van der Waals surface area (Å²) in [6, 6.07) is 10.2. The number of nitriles is 2. The molecule has 0 saturated heterocycles. The molecule has 1 N–H and O–H groups in total. The van der Waals surface area contributed by atoms with Gasteiger partial charge in [0, 0.05) is 16.8 Å². The second kappa shape index (κ2) is 7.35. The number of esters is 1. The highest BCUT2D eigenvalue weighted by atomic mass is 16.5.